The van der Waals surface area contributed by atoms with Gasteiger partial charge in [-0.1, -0.05) is 11.6 Å². The van der Waals surface area contributed by atoms with Crippen LogP contribution < -0.4 is 15.8 Å². The number of halogens is 1. The zero-order chi connectivity index (χ0) is 13.8. The Labute approximate surface area is 117 Å². The lowest BCUT2D eigenvalue weighted by atomic mass is 10.1. The highest BCUT2D eigenvalue weighted by Gasteiger charge is 2.19. The van der Waals surface area contributed by atoms with Gasteiger partial charge in [-0.25, -0.2) is 0 Å². The molecule has 0 radical (unpaired) electrons. The first kappa shape index (κ1) is 14.0. The molecule has 1 unspecified atom stereocenters. The summed E-state index contributed by atoms with van der Waals surface area (Å²) in [6.07, 6.45) is 2.11. The molecule has 3 N–H and O–H groups in total. The monoisotopic (exact) mass is 284 g/mol. The number of hydrogen-bond donors (Lipinski definition) is 2. The highest BCUT2D eigenvalue weighted by atomic mass is 35.5. The van der Waals surface area contributed by atoms with E-state index in [0.29, 0.717) is 28.6 Å². The van der Waals surface area contributed by atoms with Gasteiger partial charge in [0.05, 0.1) is 29.5 Å². The minimum atomic E-state index is -0.240. The van der Waals surface area contributed by atoms with Crippen molar-refractivity contribution in [3.05, 3.63) is 22.7 Å². The predicted molar refractivity (Wildman–Crippen MR) is 73.7 cm³/mol. The van der Waals surface area contributed by atoms with Crippen molar-refractivity contribution in [3.8, 4) is 5.75 Å². The van der Waals surface area contributed by atoms with Gasteiger partial charge in [0.1, 0.15) is 5.75 Å². The van der Waals surface area contributed by atoms with Gasteiger partial charge in [0, 0.05) is 19.2 Å². The minimum Gasteiger partial charge on any atom is -0.496 e. The number of anilines is 1. The van der Waals surface area contributed by atoms with Gasteiger partial charge in [0.2, 0.25) is 0 Å². The molecule has 0 saturated carbocycles. The van der Waals surface area contributed by atoms with Crippen molar-refractivity contribution >= 4 is 23.2 Å². The number of benzene rings is 1. The Hall–Kier alpha value is -1.46. The standard InChI is InChI=1S/C13H17ClN2O3/c1-18-12-6-10(14)11(15)5-9(12)13(17)16-7-8-3-2-4-19-8/h5-6,8H,2-4,7,15H2,1H3,(H,16,17). The molecule has 1 amide bonds. The summed E-state index contributed by atoms with van der Waals surface area (Å²) in [6, 6.07) is 3.06. The minimum absolute atomic E-state index is 0.0968. The summed E-state index contributed by atoms with van der Waals surface area (Å²) in [5.41, 5.74) is 6.44. The summed E-state index contributed by atoms with van der Waals surface area (Å²) in [6.45, 7) is 1.25. The molecule has 1 saturated heterocycles. The molecule has 1 aromatic carbocycles. The van der Waals surface area contributed by atoms with E-state index in [9.17, 15) is 4.79 Å². The van der Waals surface area contributed by atoms with Crippen LogP contribution in [0.2, 0.25) is 5.02 Å². The molecule has 104 valence electrons. The number of rotatable bonds is 4. The van der Waals surface area contributed by atoms with Gasteiger partial charge in [0.25, 0.3) is 5.91 Å². The number of carbonyl (C=O) groups excluding carboxylic acids is 1. The fraction of sp³-hybridized carbons (Fsp3) is 0.462. The summed E-state index contributed by atoms with van der Waals surface area (Å²) in [4.78, 5) is 12.1. The average Bonchev–Trinajstić information content (AvgIpc) is 2.91. The zero-order valence-electron chi connectivity index (χ0n) is 10.7. The highest BCUT2D eigenvalue weighted by molar-refractivity contribution is 6.33. The molecule has 1 aliphatic heterocycles. The van der Waals surface area contributed by atoms with Crippen molar-refractivity contribution in [2.24, 2.45) is 0 Å². The summed E-state index contributed by atoms with van der Waals surface area (Å²) >= 11 is 5.89. The fourth-order valence-corrected chi connectivity index (χ4v) is 2.18. The van der Waals surface area contributed by atoms with Crippen LogP contribution in [-0.4, -0.2) is 32.3 Å². The third-order valence-electron chi connectivity index (χ3n) is 3.08. The molecule has 19 heavy (non-hydrogen) atoms. The van der Waals surface area contributed by atoms with Gasteiger partial charge >= 0.3 is 0 Å². The number of amides is 1. The van der Waals surface area contributed by atoms with Crippen molar-refractivity contribution in [2.45, 2.75) is 18.9 Å². The molecule has 2 rings (SSSR count). The van der Waals surface area contributed by atoms with Crippen LogP contribution in [-0.2, 0) is 4.74 Å². The van der Waals surface area contributed by atoms with E-state index in [4.69, 9.17) is 26.8 Å². The van der Waals surface area contributed by atoms with E-state index in [0.717, 1.165) is 19.4 Å². The number of nitrogen functional groups attached to an aromatic ring is 1. The van der Waals surface area contributed by atoms with Crippen LogP contribution in [0, 0.1) is 0 Å². The quantitative estimate of drug-likeness (QED) is 0.828. The molecule has 1 fully saturated rings. The van der Waals surface area contributed by atoms with Crippen LogP contribution in [0.5, 0.6) is 5.75 Å². The fourth-order valence-electron chi connectivity index (χ4n) is 2.03. The van der Waals surface area contributed by atoms with E-state index in [1.165, 1.54) is 19.2 Å². The molecule has 1 aromatic rings. The van der Waals surface area contributed by atoms with E-state index in [1.54, 1.807) is 0 Å². The summed E-state index contributed by atoms with van der Waals surface area (Å²) in [7, 11) is 1.48. The largest absolute Gasteiger partial charge is 0.496 e. The van der Waals surface area contributed by atoms with Crippen LogP contribution in [0.3, 0.4) is 0 Å². The van der Waals surface area contributed by atoms with E-state index >= 15 is 0 Å². The van der Waals surface area contributed by atoms with Crippen molar-refractivity contribution < 1.29 is 14.3 Å². The first-order chi connectivity index (χ1) is 9.11. The number of hydrogen-bond acceptors (Lipinski definition) is 4. The molecular formula is C13H17ClN2O3. The number of nitrogens with one attached hydrogen (secondary N) is 1. The topological polar surface area (TPSA) is 73.6 Å². The van der Waals surface area contributed by atoms with Gasteiger partial charge in [-0.2, -0.15) is 0 Å². The number of nitrogens with two attached hydrogens (primary N) is 1. The second-order valence-corrected chi connectivity index (χ2v) is 4.83. The van der Waals surface area contributed by atoms with Crippen molar-refractivity contribution in [1.29, 1.82) is 0 Å². The Balaban J connectivity index is 2.07. The van der Waals surface area contributed by atoms with Crippen LogP contribution >= 0.6 is 11.6 Å². The maximum Gasteiger partial charge on any atom is 0.255 e. The van der Waals surface area contributed by atoms with Crippen molar-refractivity contribution in [1.82, 2.24) is 5.32 Å². The first-order valence-corrected chi connectivity index (χ1v) is 6.52. The van der Waals surface area contributed by atoms with Crippen LogP contribution in [0.15, 0.2) is 12.1 Å². The third-order valence-corrected chi connectivity index (χ3v) is 3.41. The van der Waals surface area contributed by atoms with E-state index in [2.05, 4.69) is 5.32 Å². The van der Waals surface area contributed by atoms with Gasteiger partial charge in [-0.15, -0.1) is 0 Å². The number of methoxy groups -OCH3 is 1. The average molecular weight is 285 g/mol. The summed E-state index contributed by atoms with van der Waals surface area (Å²) in [5, 5.41) is 3.19. The lowest BCUT2D eigenvalue weighted by molar-refractivity contribution is 0.0855. The summed E-state index contributed by atoms with van der Waals surface area (Å²) in [5.74, 6) is 0.166. The smallest absolute Gasteiger partial charge is 0.255 e. The molecule has 0 bridgehead atoms. The predicted octanol–water partition coefficient (Wildman–Crippen LogP) is 1.84. The van der Waals surface area contributed by atoms with Crippen LogP contribution in [0.4, 0.5) is 5.69 Å². The molecule has 6 heteroatoms. The molecular weight excluding hydrogens is 268 g/mol. The SMILES string of the molecule is COc1cc(Cl)c(N)cc1C(=O)NCC1CCCO1. The van der Waals surface area contributed by atoms with Gasteiger partial charge in [-0.3, -0.25) is 4.79 Å². The Kier molecular flexibility index (Phi) is 4.50. The van der Waals surface area contributed by atoms with Crippen LogP contribution in [0.1, 0.15) is 23.2 Å². The maximum atomic E-state index is 12.1. The van der Waals surface area contributed by atoms with Gasteiger partial charge in [-0.05, 0) is 18.9 Å². The van der Waals surface area contributed by atoms with Crippen molar-refractivity contribution in [2.75, 3.05) is 26.0 Å². The Morgan fingerprint density at radius 2 is 2.42 bits per heavy atom. The highest BCUT2D eigenvalue weighted by Crippen LogP contribution is 2.28. The molecule has 1 heterocycles. The molecule has 0 aromatic heterocycles. The van der Waals surface area contributed by atoms with E-state index < -0.39 is 0 Å². The molecule has 0 spiro atoms. The molecule has 5 nitrogen and oxygen atoms in total. The second-order valence-electron chi connectivity index (χ2n) is 4.42. The van der Waals surface area contributed by atoms with Crippen molar-refractivity contribution in [3.63, 3.8) is 0 Å². The Bertz CT molecular complexity index is 473. The lowest BCUT2D eigenvalue weighted by Gasteiger charge is -2.13. The molecule has 1 atom stereocenters. The Morgan fingerprint density at radius 1 is 1.63 bits per heavy atom. The normalized spacial score (nSPS) is 18.3. The van der Waals surface area contributed by atoms with Gasteiger partial charge < -0.3 is 20.5 Å². The van der Waals surface area contributed by atoms with Gasteiger partial charge in [0.15, 0.2) is 0 Å². The number of carbonyl (C=O) groups is 1. The number of ether oxygens (including phenoxy) is 2. The summed E-state index contributed by atoms with van der Waals surface area (Å²) < 4.78 is 10.6. The third kappa shape index (κ3) is 3.30. The second kappa shape index (κ2) is 6.12. The van der Waals surface area contributed by atoms with E-state index in [1.807, 2.05) is 0 Å². The van der Waals surface area contributed by atoms with Crippen LogP contribution in [0.25, 0.3) is 0 Å². The first-order valence-electron chi connectivity index (χ1n) is 6.14. The molecule has 1 aliphatic rings. The molecule has 0 aliphatic carbocycles. The Morgan fingerprint density at radius 3 is 3.05 bits per heavy atom. The zero-order valence-corrected chi connectivity index (χ0v) is 11.5. The van der Waals surface area contributed by atoms with E-state index in [-0.39, 0.29) is 12.0 Å². The lowest BCUT2D eigenvalue weighted by Crippen LogP contribution is -2.32. The maximum absolute atomic E-state index is 12.1.